The second-order valence-electron chi connectivity index (χ2n) is 4.30. The molecule has 0 saturated carbocycles. The predicted molar refractivity (Wildman–Crippen MR) is 72.9 cm³/mol. The van der Waals surface area contributed by atoms with Gasteiger partial charge in [-0.25, -0.2) is 0 Å². The SMILES string of the molecule is Cc1ccc(C)c(/N=C/c2ccc(O)c(O)c2)c1. The Morgan fingerprint density at radius 3 is 2.44 bits per heavy atom. The number of nitrogens with zero attached hydrogens (tertiary/aromatic N) is 1. The lowest BCUT2D eigenvalue weighted by molar-refractivity contribution is 0.403. The molecular formula is C15H15NO2. The minimum absolute atomic E-state index is 0.126. The molecule has 3 heteroatoms. The van der Waals surface area contributed by atoms with E-state index in [2.05, 4.69) is 4.99 Å². The largest absolute Gasteiger partial charge is 0.504 e. The van der Waals surface area contributed by atoms with Gasteiger partial charge in [0.05, 0.1) is 5.69 Å². The van der Waals surface area contributed by atoms with Crippen LogP contribution in [0.4, 0.5) is 5.69 Å². The van der Waals surface area contributed by atoms with Crippen molar-refractivity contribution in [2.24, 2.45) is 4.99 Å². The van der Waals surface area contributed by atoms with Crippen molar-refractivity contribution in [2.75, 3.05) is 0 Å². The highest BCUT2D eigenvalue weighted by Crippen LogP contribution is 2.25. The zero-order chi connectivity index (χ0) is 13.1. The fraction of sp³-hybridized carbons (Fsp3) is 0.133. The first-order chi connectivity index (χ1) is 8.56. The van der Waals surface area contributed by atoms with Gasteiger partial charge in [-0.3, -0.25) is 4.99 Å². The van der Waals surface area contributed by atoms with Gasteiger partial charge in [-0.15, -0.1) is 0 Å². The van der Waals surface area contributed by atoms with Crippen LogP contribution in [0.25, 0.3) is 0 Å². The molecule has 0 aliphatic heterocycles. The molecule has 0 saturated heterocycles. The molecule has 92 valence electrons. The Labute approximate surface area is 106 Å². The van der Waals surface area contributed by atoms with Crippen molar-refractivity contribution in [3.8, 4) is 11.5 Å². The van der Waals surface area contributed by atoms with Crippen LogP contribution in [0.2, 0.25) is 0 Å². The van der Waals surface area contributed by atoms with E-state index in [1.54, 1.807) is 12.3 Å². The third-order valence-corrected chi connectivity index (χ3v) is 2.72. The number of aromatic hydroxyl groups is 2. The summed E-state index contributed by atoms with van der Waals surface area (Å²) >= 11 is 0. The standard InChI is InChI=1S/C15H15NO2/c1-10-3-4-11(2)13(7-10)16-9-12-5-6-14(17)15(18)8-12/h3-9,17-18H,1-2H3/b16-9+. The van der Waals surface area contributed by atoms with Crippen LogP contribution in [-0.4, -0.2) is 16.4 Å². The van der Waals surface area contributed by atoms with E-state index >= 15 is 0 Å². The second kappa shape index (κ2) is 4.92. The van der Waals surface area contributed by atoms with Gasteiger partial charge in [-0.05, 0) is 54.8 Å². The maximum absolute atomic E-state index is 9.38. The number of phenols is 2. The highest BCUT2D eigenvalue weighted by Gasteiger charge is 1.99. The van der Waals surface area contributed by atoms with Crippen LogP contribution in [0.1, 0.15) is 16.7 Å². The third kappa shape index (κ3) is 2.69. The molecular weight excluding hydrogens is 226 g/mol. The van der Waals surface area contributed by atoms with E-state index in [-0.39, 0.29) is 11.5 Å². The smallest absolute Gasteiger partial charge is 0.158 e. The lowest BCUT2D eigenvalue weighted by Gasteiger charge is -2.02. The van der Waals surface area contributed by atoms with E-state index in [9.17, 15) is 10.2 Å². The summed E-state index contributed by atoms with van der Waals surface area (Å²) < 4.78 is 0. The Morgan fingerprint density at radius 1 is 0.944 bits per heavy atom. The first-order valence-electron chi connectivity index (χ1n) is 5.69. The summed E-state index contributed by atoms with van der Waals surface area (Å²) in [5.74, 6) is -0.265. The lowest BCUT2D eigenvalue weighted by Crippen LogP contribution is -1.82. The summed E-state index contributed by atoms with van der Waals surface area (Å²) in [6.45, 7) is 4.02. The average molecular weight is 241 g/mol. The van der Waals surface area contributed by atoms with E-state index < -0.39 is 0 Å². The molecule has 2 rings (SSSR count). The highest BCUT2D eigenvalue weighted by molar-refractivity contribution is 5.83. The minimum atomic E-state index is -0.139. The summed E-state index contributed by atoms with van der Waals surface area (Å²) in [6, 6.07) is 10.7. The molecule has 0 fully saturated rings. The fourth-order valence-corrected chi connectivity index (χ4v) is 1.62. The number of aryl methyl sites for hydroxylation is 2. The first-order valence-corrected chi connectivity index (χ1v) is 5.69. The van der Waals surface area contributed by atoms with Gasteiger partial charge in [0.25, 0.3) is 0 Å². The molecule has 0 atom stereocenters. The number of hydrogen-bond donors (Lipinski definition) is 2. The Bertz CT molecular complexity index is 603. The van der Waals surface area contributed by atoms with Crippen LogP contribution in [0.3, 0.4) is 0 Å². The van der Waals surface area contributed by atoms with E-state index in [4.69, 9.17) is 0 Å². The van der Waals surface area contributed by atoms with E-state index in [0.29, 0.717) is 0 Å². The zero-order valence-electron chi connectivity index (χ0n) is 10.4. The van der Waals surface area contributed by atoms with E-state index in [1.165, 1.54) is 12.1 Å². The van der Waals surface area contributed by atoms with Gasteiger partial charge in [-0.2, -0.15) is 0 Å². The van der Waals surface area contributed by atoms with Gasteiger partial charge in [0, 0.05) is 6.21 Å². The lowest BCUT2D eigenvalue weighted by atomic mass is 10.1. The van der Waals surface area contributed by atoms with Crippen molar-refractivity contribution in [2.45, 2.75) is 13.8 Å². The van der Waals surface area contributed by atoms with Gasteiger partial charge < -0.3 is 10.2 Å². The quantitative estimate of drug-likeness (QED) is 0.625. The Hall–Kier alpha value is -2.29. The number of aliphatic imine (C=N–C) groups is 1. The van der Waals surface area contributed by atoms with Crippen LogP contribution >= 0.6 is 0 Å². The third-order valence-electron chi connectivity index (χ3n) is 2.72. The van der Waals surface area contributed by atoms with Crippen molar-refractivity contribution < 1.29 is 10.2 Å². The Morgan fingerprint density at radius 2 is 1.72 bits per heavy atom. The molecule has 3 nitrogen and oxygen atoms in total. The predicted octanol–water partition coefficient (Wildman–Crippen LogP) is 3.47. The van der Waals surface area contributed by atoms with Crippen molar-refractivity contribution in [3.63, 3.8) is 0 Å². The van der Waals surface area contributed by atoms with Crippen molar-refractivity contribution in [3.05, 3.63) is 53.1 Å². The van der Waals surface area contributed by atoms with Gasteiger partial charge in [0.15, 0.2) is 11.5 Å². The molecule has 0 aliphatic carbocycles. The summed E-state index contributed by atoms with van der Waals surface area (Å²) in [5.41, 5.74) is 3.90. The average Bonchev–Trinajstić information content (AvgIpc) is 2.34. The number of rotatable bonds is 2. The minimum Gasteiger partial charge on any atom is -0.504 e. The van der Waals surface area contributed by atoms with Crippen molar-refractivity contribution >= 4 is 11.9 Å². The molecule has 0 radical (unpaired) electrons. The monoisotopic (exact) mass is 241 g/mol. The van der Waals surface area contributed by atoms with E-state index in [0.717, 1.165) is 22.4 Å². The first kappa shape index (κ1) is 12.2. The summed E-state index contributed by atoms with van der Waals surface area (Å²) in [4.78, 5) is 4.39. The fourth-order valence-electron chi connectivity index (χ4n) is 1.62. The van der Waals surface area contributed by atoms with Gasteiger partial charge in [0.1, 0.15) is 0 Å². The molecule has 0 unspecified atom stereocenters. The molecule has 2 aromatic rings. The summed E-state index contributed by atoms with van der Waals surface area (Å²) in [7, 11) is 0. The molecule has 18 heavy (non-hydrogen) atoms. The molecule has 2 aromatic carbocycles. The van der Waals surface area contributed by atoms with Crippen LogP contribution in [0.5, 0.6) is 11.5 Å². The summed E-state index contributed by atoms with van der Waals surface area (Å²) in [5, 5.41) is 18.6. The maximum atomic E-state index is 9.38. The van der Waals surface area contributed by atoms with Crippen molar-refractivity contribution in [1.29, 1.82) is 0 Å². The van der Waals surface area contributed by atoms with Gasteiger partial charge >= 0.3 is 0 Å². The summed E-state index contributed by atoms with van der Waals surface area (Å²) in [6.07, 6.45) is 1.67. The molecule has 0 bridgehead atoms. The molecule has 0 aromatic heterocycles. The molecule has 0 spiro atoms. The molecule has 0 aliphatic rings. The van der Waals surface area contributed by atoms with Crippen LogP contribution in [0, 0.1) is 13.8 Å². The second-order valence-corrected chi connectivity index (χ2v) is 4.30. The molecule has 2 N–H and O–H groups in total. The Kier molecular flexibility index (Phi) is 3.33. The van der Waals surface area contributed by atoms with Crippen LogP contribution in [-0.2, 0) is 0 Å². The van der Waals surface area contributed by atoms with Crippen molar-refractivity contribution in [1.82, 2.24) is 0 Å². The van der Waals surface area contributed by atoms with Gasteiger partial charge in [0.2, 0.25) is 0 Å². The number of phenolic OH excluding ortho intramolecular Hbond substituents is 2. The molecule has 0 heterocycles. The van der Waals surface area contributed by atoms with Crippen LogP contribution in [0.15, 0.2) is 41.4 Å². The van der Waals surface area contributed by atoms with E-state index in [1.807, 2.05) is 32.0 Å². The topological polar surface area (TPSA) is 52.8 Å². The number of benzene rings is 2. The normalized spacial score (nSPS) is 11.0. The zero-order valence-corrected chi connectivity index (χ0v) is 10.4. The maximum Gasteiger partial charge on any atom is 0.158 e. The highest BCUT2D eigenvalue weighted by atomic mass is 16.3. The molecule has 0 amide bonds. The van der Waals surface area contributed by atoms with Crippen LogP contribution < -0.4 is 0 Å². The van der Waals surface area contributed by atoms with Gasteiger partial charge in [-0.1, -0.05) is 12.1 Å². The number of hydrogen-bond acceptors (Lipinski definition) is 3. The Balaban J connectivity index is 2.29.